The molecule has 0 saturated heterocycles. The number of hydrogen-bond acceptors (Lipinski definition) is 9. The first-order valence-corrected chi connectivity index (χ1v) is 9.62. The molecule has 0 heterocycles. The number of carbonyl (C=O) groups is 2. The summed E-state index contributed by atoms with van der Waals surface area (Å²) in [7, 11) is 0. The van der Waals surface area contributed by atoms with Gasteiger partial charge in [0.1, 0.15) is 5.75 Å². The normalized spacial score (nSPS) is 10.3. The molecule has 0 unspecified atom stereocenters. The molecule has 35 heavy (non-hydrogen) atoms. The molecule has 0 fully saturated rings. The Hall–Kier alpha value is -5.64. The minimum absolute atomic E-state index is 0.163. The number of ether oxygens (including phenoxy) is 1. The van der Waals surface area contributed by atoms with E-state index in [-0.39, 0.29) is 11.5 Å². The van der Waals surface area contributed by atoms with Crippen molar-refractivity contribution < 1.29 is 24.2 Å². The molecule has 3 aromatic carbocycles. The van der Waals surface area contributed by atoms with Gasteiger partial charge in [0.2, 0.25) is 5.75 Å². The van der Waals surface area contributed by atoms with E-state index in [1.54, 1.807) is 12.1 Å². The van der Waals surface area contributed by atoms with Crippen LogP contribution in [0.3, 0.4) is 0 Å². The van der Waals surface area contributed by atoms with Crippen LogP contribution in [-0.4, -0.2) is 27.9 Å². The SMILES string of the molecule is N#Cc1ccc(NC(=O)C(=O)N/N=C/c2cccc(Oc3ccc([N+](=O)[O-])cc3[N+](=O)[O-])c2)cc1. The third-order valence-electron chi connectivity index (χ3n) is 4.29. The first kappa shape index (κ1) is 24.0. The maximum Gasteiger partial charge on any atom is 0.329 e. The molecular formula is C22H14N6O7. The fourth-order valence-electron chi connectivity index (χ4n) is 2.67. The van der Waals surface area contributed by atoms with E-state index in [0.717, 1.165) is 18.2 Å². The molecule has 0 aromatic heterocycles. The molecule has 3 rings (SSSR count). The average molecular weight is 474 g/mol. The third-order valence-corrected chi connectivity index (χ3v) is 4.29. The Morgan fingerprint density at radius 1 is 0.971 bits per heavy atom. The molecular weight excluding hydrogens is 460 g/mol. The lowest BCUT2D eigenvalue weighted by Gasteiger charge is -2.07. The maximum absolute atomic E-state index is 11.9. The van der Waals surface area contributed by atoms with E-state index in [1.165, 1.54) is 42.6 Å². The molecule has 3 aromatic rings. The number of amides is 2. The zero-order chi connectivity index (χ0) is 25.4. The van der Waals surface area contributed by atoms with Gasteiger partial charge in [-0.25, -0.2) is 5.43 Å². The Kier molecular flexibility index (Phi) is 7.40. The maximum atomic E-state index is 11.9. The number of non-ortho nitro benzene ring substituents is 1. The van der Waals surface area contributed by atoms with Gasteiger partial charge in [-0.1, -0.05) is 12.1 Å². The second-order valence-electron chi connectivity index (χ2n) is 6.68. The van der Waals surface area contributed by atoms with E-state index in [0.29, 0.717) is 16.8 Å². The lowest BCUT2D eigenvalue weighted by molar-refractivity contribution is -0.394. The summed E-state index contributed by atoms with van der Waals surface area (Å²) in [5.74, 6) is -2.06. The van der Waals surface area contributed by atoms with Crippen molar-refractivity contribution >= 4 is 35.1 Å². The number of nitriles is 1. The predicted octanol–water partition coefficient (Wildman–Crippen LogP) is 3.26. The highest BCUT2D eigenvalue weighted by molar-refractivity contribution is 6.39. The van der Waals surface area contributed by atoms with Gasteiger partial charge in [0.15, 0.2) is 0 Å². The third kappa shape index (κ3) is 6.43. The lowest BCUT2D eigenvalue weighted by Crippen LogP contribution is -2.32. The molecule has 0 aliphatic carbocycles. The largest absolute Gasteiger partial charge is 0.450 e. The van der Waals surface area contributed by atoms with Crippen LogP contribution in [0.5, 0.6) is 11.5 Å². The summed E-state index contributed by atoms with van der Waals surface area (Å²) >= 11 is 0. The fraction of sp³-hybridized carbons (Fsp3) is 0. The standard InChI is InChI=1S/C22H14N6O7/c23-12-14-4-6-16(7-5-14)25-21(29)22(30)26-24-13-15-2-1-3-18(10-15)35-20-9-8-17(27(31)32)11-19(20)28(33)34/h1-11,13H,(H,25,29)(H,26,30)/b24-13+. The summed E-state index contributed by atoms with van der Waals surface area (Å²) in [6, 6.07) is 16.9. The van der Waals surface area contributed by atoms with Gasteiger partial charge in [0.05, 0.1) is 33.8 Å². The fourth-order valence-corrected chi connectivity index (χ4v) is 2.67. The molecule has 2 N–H and O–H groups in total. The Balaban J connectivity index is 1.64. The molecule has 0 aliphatic heterocycles. The van der Waals surface area contributed by atoms with Crippen LogP contribution in [-0.2, 0) is 9.59 Å². The van der Waals surface area contributed by atoms with Crippen LogP contribution in [0.1, 0.15) is 11.1 Å². The van der Waals surface area contributed by atoms with Crippen LogP contribution in [0.2, 0.25) is 0 Å². The molecule has 0 atom stereocenters. The quantitative estimate of drug-likeness (QED) is 0.226. The molecule has 0 radical (unpaired) electrons. The summed E-state index contributed by atoms with van der Waals surface area (Å²) < 4.78 is 5.50. The Labute approximate surface area is 196 Å². The number of nitrogens with one attached hydrogen (secondary N) is 2. The summed E-state index contributed by atoms with van der Waals surface area (Å²) in [6.07, 6.45) is 1.21. The van der Waals surface area contributed by atoms with Crippen molar-refractivity contribution in [2.24, 2.45) is 5.10 Å². The monoisotopic (exact) mass is 474 g/mol. The van der Waals surface area contributed by atoms with E-state index >= 15 is 0 Å². The zero-order valence-electron chi connectivity index (χ0n) is 17.6. The molecule has 0 saturated carbocycles. The average Bonchev–Trinajstić information content (AvgIpc) is 2.84. The summed E-state index contributed by atoms with van der Waals surface area (Å²) in [5.41, 5.74) is 2.15. The predicted molar refractivity (Wildman–Crippen MR) is 122 cm³/mol. The van der Waals surface area contributed by atoms with E-state index in [4.69, 9.17) is 10.00 Å². The molecule has 0 aliphatic rings. The molecule has 0 bridgehead atoms. The van der Waals surface area contributed by atoms with Crippen molar-refractivity contribution in [3.63, 3.8) is 0 Å². The van der Waals surface area contributed by atoms with Crippen LogP contribution in [0.25, 0.3) is 0 Å². The molecule has 0 spiro atoms. The van der Waals surface area contributed by atoms with Crippen molar-refractivity contribution in [2.45, 2.75) is 0 Å². The van der Waals surface area contributed by atoms with Gasteiger partial charge < -0.3 is 10.1 Å². The van der Waals surface area contributed by atoms with Crippen molar-refractivity contribution in [3.8, 4) is 17.6 Å². The van der Waals surface area contributed by atoms with Gasteiger partial charge in [0.25, 0.3) is 5.69 Å². The number of benzene rings is 3. The van der Waals surface area contributed by atoms with E-state index < -0.39 is 33.0 Å². The van der Waals surface area contributed by atoms with Crippen molar-refractivity contribution in [1.82, 2.24) is 5.43 Å². The second-order valence-corrected chi connectivity index (χ2v) is 6.68. The van der Waals surface area contributed by atoms with Gasteiger partial charge in [-0.05, 0) is 48.0 Å². The Morgan fingerprint density at radius 2 is 1.71 bits per heavy atom. The number of carbonyl (C=O) groups excluding carboxylic acids is 2. The highest BCUT2D eigenvalue weighted by atomic mass is 16.6. The van der Waals surface area contributed by atoms with Crippen LogP contribution in [0, 0.1) is 31.6 Å². The summed E-state index contributed by atoms with van der Waals surface area (Å²) in [4.78, 5) is 44.4. The number of nitro groups is 2. The van der Waals surface area contributed by atoms with Crippen LogP contribution in [0.15, 0.2) is 71.8 Å². The summed E-state index contributed by atoms with van der Waals surface area (Å²) in [6.45, 7) is 0. The first-order valence-electron chi connectivity index (χ1n) is 9.62. The smallest absolute Gasteiger partial charge is 0.329 e. The summed E-state index contributed by atoms with van der Waals surface area (Å²) in [5, 5.41) is 36.9. The van der Waals surface area contributed by atoms with Crippen LogP contribution in [0.4, 0.5) is 17.1 Å². The van der Waals surface area contributed by atoms with Crippen molar-refractivity contribution in [3.05, 3.63) is 98.1 Å². The van der Waals surface area contributed by atoms with Crippen molar-refractivity contribution in [1.29, 1.82) is 5.26 Å². The zero-order valence-corrected chi connectivity index (χ0v) is 17.6. The highest BCUT2D eigenvalue weighted by Crippen LogP contribution is 2.34. The van der Waals surface area contributed by atoms with E-state index in [1.807, 2.05) is 6.07 Å². The number of anilines is 1. The minimum Gasteiger partial charge on any atom is -0.450 e. The number of hydrogen-bond donors (Lipinski definition) is 2. The molecule has 174 valence electrons. The van der Waals surface area contributed by atoms with Gasteiger partial charge in [-0.3, -0.25) is 29.8 Å². The van der Waals surface area contributed by atoms with Gasteiger partial charge in [0, 0.05) is 11.8 Å². The number of hydrazone groups is 1. The van der Waals surface area contributed by atoms with E-state index in [9.17, 15) is 29.8 Å². The molecule has 2 amide bonds. The number of nitrogens with zero attached hydrogens (tertiary/aromatic N) is 4. The molecule has 13 heteroatoms. The number of nitro benzene ring substituents is 2. The topological polar surface area (TPSA) is 190 Å². The first-order chi connectivity index (χ1) is 16.8. The number of rotatable bonds is 7. The van der Waals surface area contributed by atoms with Crippen molar-refractivity contribution in [2.75, 3.05) is 5.32 Å². The Bertz CT molecular complexity index is 1380. The second kappa shape index (κ2) is 10.8. The van der Waals surface area contributed by atoms with Crippen LogP contribution < -0.4 is 15.5 Å². The highest BCUT2D eigenvalue weighted by Gasteiger charge is 2.21. The van der Waals surface area contributed by atoms with E-state index in [2.05, 4.69) is 15.8 Å². The Morgan fingerprint density at radius 3 is 2.37 bits per heavy atom. The van der Waals surface area contributed by atoms with Crippen LogP contribution >= 0.6 is 0 Å². The van der Waals surface area contributed by atoms with Gasteiger partial charge >= 0.3 is 17.5 Å². The molecule has 13 nitrogen and oxygen atoms in total. The van der Waals surface area contributed by atoms with Gasteiger partial charge in [-0.15, -0.1) is 0 Å². The van der Waals surface area contributed by atoms with Gasteiger partial charge in [-0.2, -0.15) is 10.4 Å². The lowest BCUT2D eigenvalue weighted by atomic mass is 10.2. The minimum atomic E-state index is -1.04.